The van der Waals surface area contributed by atoms with Gasteiger partial charge in [0.25, 0.3) is 0 Å². The first kappa shape index (κ1) is 17.5. The first-order valence-electron chi connectivity index (χ1n) is 9.17. The average Bonchev–Trinajstić information content (AvgIpc) is 3.08. The van der Waals surface area contributed by atoms with Crippen LogP contribution >= 0.6 is 0 Å². The fourth-order valence-corrected chi connectivity index (χ4v) is 3.38. The molecule has 4 rings (SSSR count). The molecule has 0 spiro atoms. The highest BCUT2D eigenvalue weighted by molar-refractivity contribution is 5.92. The first-order valence-corrected chi connectivity index (χ1v) is 9.17. The SMILES string of the molecule is Cn1ncc2ccc(NC(=O)N3CCC[C@@H](OCc4cccnc4)C3)cc21. The third kappa shape index (κ3) is 4.09. The average molecular weight is 365 g/mol. The zero-order chi connectivity index (χ0) is 18.6. The number of urea groups is 1. The number of fused-ring (bicyclic) bond motifs is 1. The van der Waals surface area contributed by atoms with Crippen LogP contribution in [0.5, 0.6) is 0 Å². The Morgan fingerprint density at radius 1 is 1.33 bits per heavy atom. The number of aromatic nitrogens is 3. The van der Waals surface area contributed by atoms with E-state index in [4.69, 9.17) is 4.74 Å². The van der Waals surface area contributed by atoms with Crippen molar-refractivity contribution in [3.63, 3.8) is 0 Å². The highest BCUT2D eigenvalue weighted by Crippen LogP contribution is 2.20. The van der Waals surface area contributed by atoms with Crippen molar-refractivity contribution in [1.29, 1.82) is 0 Å². The van der Waals surface area contributed by atoms with Gasteiger partial charge in [-0.15, -0.1) is 0 Å². The van der Waals surface area contributed by atoms with Crippen LogP contribution in [0.4, 0.5) is 10.5 Å². The number of pyridine rings is 1. The Kier molecular flexibility index (Phi) is 5.02. The molecule has 1 aliphatic rings. The lowest BCUT2D eigenvalue weighted by Crippen LogP contribution is -2.45. The molecule has 1 fully saturated rings. The van der Waals surface area contributed by atoms with Crippen LogP contribution in [0.25, 0.3) is 10.9 Å². The van der Waals surface area contributed by atoms with Gasteiger partial charge in [0.2, 0.25) is 0 Å². The summed E-state index contributed by atoms with van der Waals surface area (Å²) in [4.78, 5) is 18.6. The number of hydrogen-bond acceptors (Lipinski definition) is 4. The molecule has 0 unspecified atom stereocenters. The Morgan fingerprint density at radius 3 is 3.11 bits per heavy atom. The van der Waals surface area contributed by atoms with Crippen LogP contribution in [0.15, 0.2) is 48.9 Å². The van der Waals surface area contributed by atoms with Crippen molar-refractivity contribution in [2.24, 2.45) is 7.05 Å². The maximum absolute atomic E-state index is 12.7. The number of nitrogens with zero attached hydrogens (tertiary/aromatic N) is 4. The summed E-state index contributed by atoms with van der Waals surface area (Å²) >= 11 is 0. The van der Waals surface area contributed by atoms with Gasteiger partial charge in [-0.05, 0) is 42.7 Å². The van der Waals surface area contributed by atoms with E-state index in [0.717, 1.165) is 41.5 Å². The maximum Gasteiger partial charge on any atom is 0.321 e. The van der Waals surface area contributed by atoms with Crippen molar-refractivity contribution in [3.8, 4) is 0 Å². The molecule has 0 radical (unpaired) electrons. The fraction of sp³-hybridized carbons (Fsp3) is 0.350. The van der Waals surface area contributed by atoms with Gasteiger partial charge in [0.05, 0.1) is 24.4 Å². The van der Waals surface area contributed by atoms with Crippen LogP contribution in [0.2, 0.25) is 0 Å². The molecule has 1 atom stereocenters. The molecule has 27 heavy (non-hydrogen) atoms. The molecular weight excluding hydrogens is 342 g/mol. The molecule has 2 aromatic heterocycles. The summed E-state index contributed by atoms with van der Waals surface area (Å²) in [5, 5.41) is 8.28. The van der Waals surface area contributed by atoms with E-state index in [2.05, 4.69) is 15.4 Å². The number of ether oxygens (including phenoxy) is 1. The van der Waals surface area contributed by atoms with Gasteiger partial charge in [0.15, 0.2) is 0 Å². The van der Waals surface area contributed by atoms with Crippen LogP contribution in [-0.2, 0) is 18.4 Å². The molecule has 7 nitrogen and oxygen atoms in total. The van der Waals surface area contributed by atoms with Gasteiger partial charge < -0.3 is 15.0 Å². The van der Waals surface area contributed by atoms with Crippen LogP contribution < -0.4 is 5.32 Å². The van der Waals surface area contributed by atoms with Crippen molar-refractivity contribution < 1.29 is 9.53 Å². The predicted molar refractivity (Wildman–Crippen MR) is 103 cm³/mol. The summed E-state index contributed by atoms with van der Waals surface area (Å²) in [6.45, 7) is 1.86. The number of likely N-dealkylation sites (tertiary alicyclic amines) is 1. The summed E-state index contributed by atoms with van der Waals surface area (Å²) in [5.41, 5.74) is 2.81. The minimum absolute atomic E-state index is 0.0456. The minimum atomic E-state index is -0.0915. The summed E-state index contributed by atoms with van der Waals surface area (Å²) in [7, 11) is 1.89. The minimum Gasteiger partial charge on any atom is -0.372 e. The highest BCUT2D eigenvalue weighted by atomic mass is 16.5. The second kappa shape index (κ2) is 7.75. The van der Waals surface area contributed by atoms with Crippen LogP contribution in [0.1, 0.15) is 18.4 Å². The Morgan fingerprint density at radius 2 is 2.26 bits per heavy atom. The number of rotatable bonds is 4. The zero-order valence-corrected chi connectivity index (χ0v) is 15.3. The second-order valence-electron chi connectivity index (χ2n) is 6.85. The molecule has 0 aliphatic carbocycles. The number of nitrogens with one attached hydrogen (secondary N) is 1. The molecule has 3 heterocycles. The van der Waals surface area contributed by atoms with Gasteiger partial charge >= 0.3 is 6.03 Å². The third-order valence-corrected chi connectivity index (χ3v) is 4.87. The molecule has 1 aliphatic heterocycles. The van der Waals surface area contributed by atoms with Crippen LogP contribution in [-0.4, -0.2) is 44.9 Å². The fourth-order valence-electron chi connectivity index (χ4n) is 3.38. The van der Waals surface area contributed by atoms with Crippen LogP contribution in [0.3, 0.4) is 0 Å². The number of benzene rings is 1. The molecule has 140 valence electrons. The number of amides is 2. The van der Waals surface area contributed by atoms with Gasteiger partial charge in [-0.3, -0.25) is 9.67 Å². The van der Waals surface area contributed by atoms with E-state index in [1.807, 2.05) is 54.7 Å². The summed E-state index contributed by atoms with van der Waals surface area (Å²) in [6, 6.07) is 9.62. The number of piperidine rings is 1. The number of carbonyl (C=O) groups excluding carboxylic acids is 1. The normalized spacial score (nSPS) is 17.2. The van der Waals surface area contributed by atoms with E-state index in [-0.39, 0.29) is 12.1 Å². The number of hydrogen-bond donors (Lipinski definition) is 1. The largest absolute Gasteiger partial charge is 0.372 e. The number of anilines is 1. The maximum atomic E-state index is 12.7. The van der Waals surface area contributed by atoms with Gasteiger partial charge in [-0.1, -0.05) is 6.07 Å². The summed E-state index contributed by atoms with van der Waals surface area (Å²) < 4.78 is 7.79. The van der Waals surface area contributed by atoms with E-state index in [9.17, 15) is 4.79 Å². The van der Waals surface area contributed by atoms with Crippen molar-refractivity contribution in [2.45, 2.75) is 25.6 Å². The van der Waals surface area contributed by atoms with Crippen molar-refractivity contribution in [2.75, 3.05) is 18.4 Å². The first-order chi connectivity index (χ1) is 13.2. The summed E-state index contributed by atoms with van der Waals surface area (Å²) in [6.07, 6.45) is 7.32. The lowest BCUT2D eigenvalue weighted by molar-refractivity contribution is 0.000916. The molecule has 1 aromatic carbocycles. The number of aryl methyl sites for hydroxylation is 1. The second-order valence-corrected chi connectivity index (χ2v) is 6.85. The topological polar surface area (TPSA) is 72.3 Å². The zero-order valence-electron chi connectivity index (χ0n) is 15.3. The van der Waals surface area contributed by atoms with E-state index in [1.165, 1.54) is 0 Å². The lowest BCUT2D eigenvalue weighted by Gasteiger charge is -2.32. The standard InChI is InChI=1S/C20H23N5O2/c1-24-19-10-17(7-6-16(19)12-22-24)23-20(26)25-9-3-5-18(13-25)27-14-15-4-2-8-21-11-15/h2,4,6-8,10-12,18H,3,5,9,13-14H2,1H3,(H,23,26)/t18-/m1/s1. The quantitative estimate of drug-likeness (QED) is 0.771. The molecule has 1 N–H and O–H groups in total. The smallest absolute Gasteiger partial charge is 0.321 e. The van der Waals surface area contributed by atoms with E-state index < -0.39 is 0 Å². The van der Waals surface area contributed by atoms with Gasteiger partial charge in [0.1, 0.15) is 0 Å². The van der Waals surface area contributed by atoms with E-state index in [0.29, 0.717) is 13.2 Å². The van der Waals surface area contributed by atoms with Crippen molar-refractivity contribution >= 4 is 22.6 Å². The molecule has 2 amide bonds. The van der Waals surface area contributed by atoms with E-state index in [1.54, 1.807) is 10.9 Å². The molecule has 0 saturated carbocycles. The van der Waals surface area contributed by atoms with Gasteiger partial charge in [0, 0.05) is 43.6 Å². The lowest BCUT2D eigenvalue weighted by atomic mass is 10.1. The molecule has 0 bridgehead atoms. The molecule has 1 saturated heterocycles. The molecule has 7 heteroatoms. The number of carbonyl (C=O) groups is 1. The van der Waals surface area contributed by atoms with Crippen LogP contribution in [0, 0.1) is 0 Å². The Hall–Kier alpha value is -2.93. The van der Waals surface area contributed by atoms with Crippen molar-refractivity contribution in [3.05, 3.63) is 54.5 Å². The Balaban J connectivity index is 1.35. The Bertz CT molecular complexity index is 925. The molecular formula is C20H23N5O2. The monoisotopic (exact) mass is 365 g/mol. The van der Waals surface area contributed by atoms with Crippen molar-refractivity contribution in [1.82, 2.24) is 19.7 Å². The third-order valence-electron chi connectivity index (χ3n) is 4.87. The van der Waals surface area contributed by atoms with Gasteiger partial charge in [-0.25, -0.2) is 4.79 Å². The Labute approximate surface area is 157 Å². The van der Waals surface area contributed by atoms with E-state index >= 15 is 0 Å². The predicted octanol–water partition coefficient (Wildman–Crippen LogP) is 3.18. The molecule has 3 aromatic rings. The van der Waals surface area contributed by atoms with Gasteiger partial charge in [-0.2, -0.15) is 5.10 Å². The highest BCUT2D eigenvalue weighted by Gasteiger charge is 2.24. The summed E-state index contributed by atoms with van der Waals surface area (Å²) in [5.74, 6) is 0.